The molecule has 0 heterocycles. The minimum atomic E-state index is -0.899. The lowest BCUT2D eigenvalue weighted by Crippen LogP contribution is -2.44. The van der Waals surface area contributed by atoms with Crippen LogP contribution in [-0.4, -0.2) is 67.3 Å². The van der Waals surface area contributed by atoms with Gasteiger partial charge in [-0.1, -0.05) is 6.92 Å². The number of carbonyl (C=O) groups is 2. The van der Waals surface area contributed by atoms with Crippen molar-refractivity contribution >= 4 is 12.0 Å². The molecule has 6 heteroatoms. The van der Waals surface area contributed by atoms with E-state index in [9.17, 15) is 9.59 Å². The van der Waals surface area contributed by atoms with Gasteiger partial charge in [0.1, 0.15) is 0 Å². The van der Waals surface area contributed by atoms with Crippen molar-refractivity contribution in [2.24, 2.45) is 5.92 Å². The summed E-state index contributed by atoms with van der Waals surface area (Å²) in [7, 11) is 3.19. The SMILES string of the molecule is CCN(CCOC)C(=O)N(C)CC(C)C(=O)O. The van der Waals surface area contributed by atoms with Crippen LogP contribution in [0, 0.1) is 5.92 Å². The summed E-state index contributed by atoms with van der Waals surface area (Å²) in [6, 6.07) is -0.169. The lowest BCUT2D eigenvalue weighted by atomic mass is 10.2. The Morgan fingerprint density at radius 3 is 2.41 bits per heavy atom. The largest absolute Gasteiger partial charge is 0.481 e. The zero-order valence-electron chi connectivity index (χ0n) is 11.0. The van der Waals surface area contributed by atoms with Gasteiger partial charge < -0.3 is 19.6 Å². The molecule has 0 spiro atoms. The van der Waals surface area contributed by atoms with E-state index in [4.69, 9.17) is 9.84 Å². The maximum Gasteiger partial charge on any atom is 0.319 e. The summed E-state index contributed by atoms with van der Waals surface area (Å²) in [6.07, 6.45) is 0. The van der Waals surface area contributed by atoms with Crippen molar-refractivity contribution in [3.05, 3.63) is 0 Å². The van der Waals surface area contributed by atoms with Gasteiger partial charge in [0.05, 0.1) is 12.5 Å². The molecule has 0 fully saturated rings. The molecule has 0 aliphatic rings. The van der Waals surface area contributed by atoms with Crippen LogP contribution in [0.1, 0.15) is 13.8 Å². The zero-order valence-corrected chi connectivity index (χ0v) is 11.0. The standard InChI is InChI=1S/C11H22N2O4/c1-5-13(6-7-17-4)11(16)12(3)8-9(2)10(14)15/h9H,5-8H2,1-4H3,(H,14,15). The first kappa shape index (κ1) is 15.7. The molecule has 1 N–H and O–H groups in total. The molecule has 0 bridgehead atoms. The summed E-state index contributed by atoms with van der Waals surface area (Å²) in [5.41, 5.74) is 0. The highest BCUT2D eigenvalue weighted by Gasteiger charge is 2.20. The van der Waals surface area contributed by atoms with Crippen molar-refractivity contribution in [1.82, 2.24) is 9.80 Å². The number of carboxylic acid groups (broad SMARTS) is 1. The van der Waals surface area contributed by atoms with Crippen LogP contribution in [0.2, 0.25) is 0 Å². The molecule has 0 aliphatic heterocycles. The Morgan fingerprint density at radius 2 is 2.00 bits per heavy atom. The van der Waals surface area contributed by atoms with Gasteiger partial charge in [0.2, 0.25) is 0 Å². The van der Waals surface area contributed by atoms with E-state index in [1.807, 2.05) is 6.92 Å². The molecule has 1 unspecified atom stereocenters. The van der Waals surface area contributed by atoms with Gasteiger partial charge in [-0.2, -0.15) is 0 Å². The number of urea groups is 1. The normalized spacial score (nSPS) is 12.0. The smallest absolute Gasteiger partial charge is 0.319 e. The first-order chi connectivity index (χ1) is 7.93. The van der Waals surface area contributed by atoms with Gasteiger partial charge in [0, 0.05) is 33.8 Å². The fourth-order valence-electron chi connectivity index (χ4n) is 1.40. The van der Waals surface area contributed by atoms with Gasteiger partial charge in [-0.3, -0.25) is 4.79 Å². The fourth-order valence-corrected chi connectivity index (χ4v) is 1.40. The number of nitrogens with zero attached hydrogens (tertiary/aromatic N) is 2. The highest BCUT2D eigenvalue weighted by atomic mass is 16.5. The van der Waals surface area contributed by atoms with E-state index in [1.165, 1.54) is 4.90 Å². The first-order valence-corrected chi connectivity index (χ1v) is 5.65. The summed E-state index contributed by atoms with van der Waals surface area (Å²) in [6.45, 7) is 5.23. The van der Waals surface area contributed by atoms with E-state index in [1.54, 1.807) is 26.0 Å². The van der Waals surface area contributed by atoms with Gasteiger partial charge in [0.15, 0.2) is 0 Å². The number of rotatable bonds is 7. The predicted molar refractivity (Wildman–Crippen MR) is 63.9 cm³/mol. The molecule has 0 radical (unpaired) electrons. The average Bonchev–Trinajstić information content (AvgIpc) is 2.29. The number of likely N-dealkylation sites (N-methyl/N-ethyl adjacent to an activating group) is 1. The Balaban J connectivity index is 4.30. The molecule has 0 aromatic rings. The van der Waals surface area contributed by atoms with Crippen LogP contribution in [0.5, 0.6) is 0 Å². The summed E-state index contributed by atoms with van der Waals surface area (Å²) in [5, 5.41) is 8.78. The van der Waals surface area contributed by atoms with Crippen molar-refractivity contribution in [3.8, 4) is 0 Å². The van der Waals surface area contributed by atoms with Crippen LogP contribution in [0.25, 0.3) is 0 Å². The van der Waals surface area contributed by atoms with E-state index >= 15 is 0 Å². The van der Waals surface area contributed by atoms with Crippen molar-refractivity contribution < 1.29 is 19.4 Å². The third-order valence-electron chi connectivity index (χ3n) is 2.51. The zero-order chi connectivity index (χ0) is 13.4. The molecule has 0 saturated heterocycles. The number of carboxylic acids is 1. The number of carbonyl (C=O) groups excluding carboxylic acids is 1. The Bertz CT molecular complexity index is 258. The molecule has 0 rings (SSSR count). The molecule has 1 atom stereocenters. The van der Waals surface area contributed by atoms with Gasteiger partial charge in [-0.15, -0.1) is 0 Å². The summed E-state index contributed by atoms with van der Waals surface area (Å²) in [5.74, 6) is -1.46. The maximum absolute atomic E-state index is 11.9. The van der Waals surface area contributed by atoms with Crippen LogP contribution in [-0.2, 0) is 9.53 Å². The highest BCUT2D eigenvalue weighted by molar-refractivity contribution is 5.75. The lowest BCUT2D eigenvalue weighted by molar-refractivity contribution is -0.141. The minimum Gasteiger partial charge on any atom is -0.481 e. The summed E-state index contributed by atoms with van der Waals surface area (Å²) >= 11 is 0. The number of methoxy groups -OCH3 is 1. The molecule has 0 saturated carbocycles. The molecule has 0 aromatic carbocycles. The van der Waals surface area contributed by atoms with Crippen LogP contribution in [0.15, 0.2) is 0 Å². The molecule has 2 amide bonds. The van der Waals surface area contributed by atoms with E-state index < -0.39 is 11.9 Å². The third kappa shape index (κ3) is 5.53. The van der Waals surface area contributed by atoms with Crippen molar-refractivity contribution in [2.45, 2.75) is 13.8 Å². The first-order valence-electron chi connectivity index (χ1n) is 5.65. The Hall–Kier alpha value is -1.30. The number of amides is 2. The third-order valence-corrected chi connectivity index (χ3v) is 2.51. The van der Waals surface area contributed by atoms with E-state index in [0.29, 0.717) is 19.7 Å². The van der Waals surface area contributed by atoms with Gasteiger partial charge in [-0.25, -0.2) is 4.79 Å². The van der Waals surface area contributed by atoms with Crippen molar-refractivity contribution in [1.29, 1.82) is 0 Å². The monoisotopic (exact) mass is 246 g/mol. The van der Waals surface area contributed by atoms with Crippen LogP contribution < -0.4 is 0 Å². The van der Waals surface area contributed by atoms with Gasteiger partial charge in [0.25, 0.3) is 0 Å². The number of ether oxygens (including phenoxy) is 1. The Labute approximate surface area is 102 Å². The Morgan fingerprint density at radius 1 is 1.41 bits per heavy atom. The predicted octanol–water partition coefficient (Wildman–Crippen LogP) is 0.727. The fraction of sp³-hybridized carbons (Fsp3) is 0.818. The number of hydrogen-bond donors (Lipinski definition) is 1. The van der Waals surface area contributed by atoms with E-state index in [-0.39, 0.29) is 12.6 Å². The second-order valence-electron chi connectivity index (χ2n) is 3.97. The summed E-state index contributed by atoms with van der Waals surface area (Å²) < 4.78 is 4.92. The van der Waals surface area contributed by atoms with Crippen LogP contribution >= 0.6 is 0 Å². The second kappa shape index (κ2) is 7.89. The molecular weight excluding hydrogens is 224 g/mol. The quantitative estimate of drug-likeness (QED) is 0.719. The van der Waals surface area contributed by atoms with Crippen molar-refractivity contribution in [3.63, 3.8) is 0 Å². The van der Waals surface area contributed by atoms with Crippen LogP contribution in [0.3, 0.4) is 0 Å². The second-order valence-corrected chi connectivity index (χ2v) is 3.97. The molecule has 100 valence electrons. The highest BCUT2D eigenvalue weighted by Crippen LogP contribution is 2.02. The van der Waals surface area contributed by atoms with Crippen LogP contribution in [0.4, 0.5) is 4.79 Å². The average molecular weight is 246 g/mol. The molecule has 0 aliphatic carbocycles. The van der Waals surface area contributed by atoms with Gasteiger partial charge in [-0.05, 0) is 6.92 Å². The topological polar surface area (TPSA) is 70.1 Å². The lowest BCUT2D eigenvalue weighted by Gasteiger charge is -2.28. The number of hydrogen-bond acceptors (Lipinski definition) is 3. The van der Waals surface area contributed by atoms with E-state index in [0.717, 1.165) is 0 Å². The maximum atomic E-state index is 11.9. The van der Waals surface area contributed by atoms with Crippen molar-refractivity contribution in [2.75, 3.05) is 40.4 Å². The molecule has 6 nitrogen and oxygen atoms in total. The molecule has 0 aromatic heterocycles. The van der Waals surface area contributed by atoms with Gasteiger partial charge >= 0.3 is 12.0 Å². The molecule has 17 heavy (non-hydrogen) atoms. The number of aliphatic carboxylic acids is 1. The molecular formula is C11H22N2O4. The summed E-state index contributed by atoms with van der Waals surface area (Å²) in [4.78, 5) is 25.7. The minimum absolute atomic E-state index is 0.169. The van der Waals surface area contributed by atoms with E-state index in [2.05, 4.69) is 0 Å². The Kier molecular flexibility index (Phi) is 7.29.